The van der Waals surface area contributed by atoms with Crippen molar-refractivity contribution in [2.24, 2.45) is 0 Å². The van der Waals surface area contributed by atoms with Gasteiger partial charge in [-0.05, 0) is 38.8 Å². The first-order valence-electron chi connectivity index (χ1n) is 7.68. The normalized spacial score (nSPS) is 12.0. The SMILES string of the molecule is CCC(C)n1c(-c2ccc(C)cc2C)ccc(CC#N)c1=O. The summed E-state index contributed by atoms with van der Waals surface area (Å²) in [6.07, 6.45) is 1.02. The molecule has 1 aromatic carbocycles. The summed E-state index contributed by atoms with van der Waals surface area (Å²) in [6, 6.07) is 12.2. The van der Waals surface area contributed by atoms with E-state index in [1.807, 2.05) is 17.6 Å². The number of hydrogen-bond donors (Lipinski definition) is 0. The van der Waals surface area contributed by atoms with Crippen molar-refractivity contribution >= 4 is 0 Å². The lowest BCUT2D eigenvalue weighted by Gasteiger charge is -2.21. The van der Waals surface area contributed by atoms with E-state index in [1.165, 1.54) is 5.56 Å². The summed E-state index contributed by atoms with van der Waals surface area (Å²) in [5.74, 6) is 0. The molecule has 3 nitrogen and oxygen atoms in total. The largest absolute Gasteiger partial charge is 0.305 e. The van der Waals surface area contributed by atoms with E-state index in [2.05, 4.69) is 45.0 Å². The number of aryl methyl sites for hydroxylation is 2. The Balaban J connectivity index is 2.73. The average Bonchev–Trinajstić information content (AvgIpc) is 2.49. The predicted molar refractivity (Wildman–Crippen MR) is 89.9 cm³/mol. The monoisotopic (exact) mass is 294 g/mol. The standard InChI is InChI=1S/C19H22N2O/c1-5-15(4)21-18(9-7-16(10-11-20)19(21)22)17-8-6-13(2)12-14(17)3/h6-9,12,15H,5,10H2,1-4H3. The minimum atomic E-state index is -0.0478. The molecule has 3 heteroatoms. The van der Waals surface area contributed by atoms with Crippen LogP contribution in [0.2, 0.25) is 0 Å². The lowest BCUT2D eigenvalue weighted by molar-refractivity contribution is 0.517. The van der Waals surface area contributed by atoms with Gasteiger partial charge in [0.25, 0.3) is 5.56 Å². The fraction of sp³-hybridized carbons (Fsp3) is 0.368. The van der Waals surface area contributed by atoms with Crippen molar-refractivity contribution in [2.45, 2.75) is 46.6 Å². The molecule has 0 aliphatic carbocycles. The van der Waals surface area contributed by atoms with Gasteiger partial charge in [0, 0.05) is 17.2 Å². The lowest BCUT2D eigenvalue weighted by Crippen LogP contribution is -2.27. The van der Waals surface area contributed by atoms with Gasteiger partial charge >= 0.3 is 0 Å². The zero-order valence-corrected chi connectivity index (χ0v) is 13.7. The summed E-state index contributed by atoms with van der Waals surface area (Å²) in [6.45, 7) is 8.25. The molecule has 0 radical (unpaired) electrons. The van der Waals surface area contributed by atoms with E-state index in [1.54, 1.807) is 6.07 Å². The Morgan fingerprint density at radius 1 is 1.23 bits per heavy atom. The quantitative estimate of drug-likeness (QED) is 0.849. The van der Waals surface area contributed by atoms with Gasteiger partial charge in [-0.2, -0.15) is 5.26 Å². The zero-order valence-electron chi connectivity index (χ0n) is 13.7. The molecule has 2 aromatic rings. The third kappa shape index (κ3) is 2.96. The van der Waals surface area contributed by atoms with Gasteiger partial charge in [-0.25, -0.2) is 0 Å². The molecule has 0 spiro atoms. The fourth-order valence-corrected chi connectivity index (χ4v) is 2.76. The van der Waals surface area contributed by atoms with Crippen LogP contribution >= 0.6 is 0 Å². The van der Waals surface area contributed by atoms with Crippen LogP contribution in [0.15, 0.2) is 35.1 Å². The van der Waals surface area contributed by atoms with Crippen LogP contribution in [0.3, 0.4) is 0 Å². The third-order valence-electron chi connectivity index (χ3n) is 4.15. The van der Waals surface area contributed by atoms with E-state index in [0.717, 1.165) is 23.2 Å². The molecule has 0 N–H and O–H groups in total. The number of nitrogens with zero attached hydrogens (tertiary/aromatic N) is 2. The zero-order chi connectivity index (χ0) is 16.3. The molecule has 0 bridgehead atoms. The Bertz CT molecular complexity index is 781. The topological polar surface area (TPSA) is 45.8 Å². The van der Waals surface area contributed by atoms with Crippen LogP contribution in [-0.4, -0.2) is 4.57 Å². The van der Waals surface area contributed by atoms with Crippen molar-refractivity contribution in [1.29, 1.82) is 5.26 Å². The molecule has 2 rings (SSSR count). The van der Waals surface area contributed by atoms with Crippen LogP contribution in [0, 0.1) is 25.2 Å². The number of nitriles is 1. The predicted octanol–water partition coefficient (Wildman–Crippen LogP) is 4.17. The Morgan fingerprint density at radius 2 is 1.95 bits per heavy atom. The first kappa shape index (κ1) is 16.0. The molecular weight excluding hydrogens is 272 g/mol. The molecule has 1 heterocycles. The number of pyridine rings is 1. The number of aromatic nitrogens is 1. The molecule has 0 saturated heterocycles. The van der Waals surface area contributed by atoms with Crippen LogP contribution in [0.25, 0.3) is 11.3 Å². The Morgan fingerprint density at radius 3 is 2.55 bits per heavy atom. The average molecular weight is 294 g/mol. The summed E-state index contributed by atoms with van der Waals surface area (Å²) >= 11 is 0. The van der Waals surface area contributed by atoms with Gasteiger partial charge in [-0.15, -0.1) is 0 Å². The van der Waals surface area contributed by atoms with Crippen LogP contribution in [0.4, 0.5) is 0 Å². The van der Waals surface area contributed by atoms with Gasteiger partial charge in [0.05, 0.1) is 18.2 Å². The third-order valence-corrected chi connectivity index (χ3v) is 4.15. The maximum absolute atomic E-state index is 12.7. The smallest absolute Gasteiger partial charge is 0.255 e. The highest BCUT2D eigenvalue weighted by atomic mass is 16.1. The maximum atomic E-state index is 12.7. The second kappa shape index (κ2) is 6.62. The van der Waals surface area contributed by atoms with E-state index >= 15 is 0 Å². The van der Waals surface area contributed by atoms with Gasteiger partial charge in [-0.3, -0.25) is 4.79 Å². The molecule has 0 amide bonds. The molecule has 1 unspecified atom stereocenters. The van der Waals surface area contributed by atoms with Gasteiger partial charge in [0.2, 0.25) is 0 Å². The van der Waals surface area contributed by atoms with E-state index in [4.69, 9.17) is 5.26 Å². The Hall–Kier alpha value is -2.34. The number of benzene rings is 1. The van der Waals surface area contributed by atoms with Crippen molar-refractivity contribution in [1.82, 2.24) is 4.57 Å². The summed E-state index contributed by atoms with van der Waals surface area (Å²) in [4.78, 5) is 12.7. The van der Waals surface area contributed by atoms with Crippen LogP contribution in [0.5, 0.6) is 0 Å². The summed E-state index contributed by atoms with van der Waals surface area (Å²) in [5.41, 5.74) is 4.89. The molecule has 0 aliphatic heterocycles. The first-order chi connectivity index (χ1) is 10.5. The van der Waals surface area contributed by atoms with Gasteiger partial charge in [-0.1, -0.05) is 36.8 Å². The fourth-order valence-electron chi connectivity index (χ4n) is 2.76. The Kier molecular flexibility index (Phi) is 4.82. The lowest BCUT2D eigenvalue weighted by atomic mass is 10.0. The summed E-state index contributed by atoms with van der Waals surface area (Å²) in [7, 11) is 0. The molecule has 0 fully saturated rings. The Labute approximate surface area is 131 Å². The second-order valence-electron chi connectivity index (χ2n) is 5.83. The second-order valence-corrected chi connectivity index (χ2v) is 5.83. The molecule has 1 aromatic heterocycles. The first-order valence-corrected chi connectivity index (χ1v) is 7.68. The number of hydrogen-bond acceptors (Lipinski definition) is 2. The maximum Gasteiger partial charge on any atom is 0.255 e. The van der Waals surface area contributed by atoms with Gasteiger partial charge in [0.1, 0.15) is 0 Å². The van der Waals surface area contributed by atoms with Crippen molar-refractivity contribution in [2.75, 3.05) is 0 Å². The molecule has 1 atom stereocenters. The highest BCUT2D eigenvalue weighted by Gasteiger charge is 2.15. The van der Waals surface area contributed by atoms with E-state index in [0.29, 0.717) is 5.56 Å². The van der Waals surface area contributed by atoms with Gasteiger partial charge < -0.3 is 4.57 Å². The van der Waals surface area contributed by atoms with Gasteiger partial charge in [0.15, 0.2) is 0 Å². The number of rotatable bonds is 4. The molecule has 22 heavy (non-hydrogen) atoms. The molecule has 0 saturated carbocycles. The summed E-state index contributed by atoms with van der Waals surface area (Å²) < 4.78 is 1.84. The molecular formula is C19H22N2O. The van der Waals surface area contributed by atoms with Crippen LogP contribution in [0.1, 0.15) is 43.0 Å². The highest BCUT2D eigenvalue weighted by molar-refractivity contribution is 5.65. The van der Waals surface area contributed by atoms with Crippen LogP contribution in [-0.2, 0) is 6.42 Å². The van der Waals surface area contributed by atoms with E-state index < -0.39 is 0 Å². The molecule has 114 valence electrons. The minimum absolute atomic E-state index is 0.0478. The summed E-state index contributed by atoms with van der Waals surface area (Å²) in [5, 5.41) is 8.89. The van der Waals surface area contributed by atoms with Crippen molar-refractivity contribution in [3.05, 3.63) is 57.4 Å². The van der Waals surface area contributed by atoms with E-state index in [9.17, 15) is 4.79 Å². The van der Waals surface area contributed by atoms with E-state index in [-0.39, 0.29) is 18.0 Å². The van der Waals surface area contributed by atoms with Crippen molar-refractivity contribution in [3.63, 3.8) is 0 Å². The van der Waals surface area contributed by atoms with Crippen molar-refractivity contribution in [3.8, 4) is 17.3 Å². The van der Waals surface area contributed by atoms with Crippen LogP contribution < -0.4 is 5.56 Å². The minimum Gasteiger partial charge on any atom is -0.305 e. The van der Waals surface area contributed by atoms with Crippen molar-refractivity contribution < 1.29 is 0 Å². The highest BCUT2D eigenvalue weighted by Crippen LogP contribution is 2.26. The molecule has 0 aliphatic rings.